The van der Waals surface area contributed by atoms with Crippen molar-refractivity contribution in [1.29, 1.82) is 0 Å². The molecule has 6 nitrogen and oxygen atoms in total. The van der Waals surface area contributed by atoms with Crippen LogP contribution in [0.1, 0.15) is 28.9 Å². The Kier molecular flexibility index (Phi) is 3.14. The highest BCUT2D eigenvalue weighted by molar-refractivity contribution is 7.92. The molecule has 0 amide bonds. The second-order valence-electron chi connectivity index (χ2n) is 5.69. The van der Waals surface area contributed by atoms with E-state index in [9.17, 15) is 13.2 Å². The van der Waals surface area contributed by atoms with Crippen LogP contribution >= 0.6 is 0 Å². The van der Waals surface area contributed by atoms with Gasteiger partial charge in [-0.15, -0.1) is 0 Å². The molecule has 116 valence electrons. The maximum absolute atomic E-state index is 11.9. The summed E-state index contributed by atoms with van der Waals surface area (Å²) in [6.45, 7) is 0. The van der Waals surface area contributed by atoms with Crippen LogP contribution < -0.4 is 0 Å². The number of aromatic nitrogens is 2. The predicted octanol–water partition coefficient (Wildman–Crippen LogP) is 1.82. The van der Waals surface area contributed by atoms with Crippen LogP contribution in [-0.2, 0) is 21.6 Å². The molecule has 1 aromatic heterocycles. The zero-order valence-electron chi connectivity index (χ0n) is 12.3. The van der Waals surface area contributed by atoms with Gasteiger partial charge >= 0.3 is 5.97 Å². The predicted molar refractivity (Wildman–Crippen MR) is 81.4 cm³/mol. The molecule has 1 aliphatic carbocycles. The van der Waals surface area contributed by atoms with Gasteiger partial charge in [0.2, 0.25) is 0 Å². The molecule has 1 N–H and O–H groups in total. The minimum Gasteiger partial charge on any atom is -0.476 e. The lowest BCUT2D eigenvalue weighted by atomic mass is 10.1. The Morgan fingerprint density at radius 2 is 1.86 bits per heavy atom. The molecule has 0 spiro atoms. The summed E-state index contributed by atoms with van der Waals surface area (Å²) in [5, 5.41) is 12.9. The third-order valence-corrected chi connectivity index (χ3v) is 6.28. The molecule has 0 saturated heterocycles. The third-order valence-electron chi connectivity index (χ3n) is 4.22. The minimum atomic E-state index is -3.13. The van der Waals surface area contributed by atoms with Gasteiger partial charge in [-0.2, -0.15) is 5.10 Å². The van der Waals surface area contributed by atoms with Crippen LogP contribution in [-0.4, -0.2) is 35.5 Å². The molecule has 3 rings (SSSR count). The van der Waals surface area contributed by atoms with Gasteiger partial charge in [0, 0.05) is 13.3 Å². The van der Waals surface area contributed by atoms with Crippen molar-refractivity contribution < 1.29 is 18.3 Å². The summed E-state index contributed by atoms with van der Waals surface area (Å²) < 4.78 is 24.6. The van der Waals surface area contributed by atoms with Gasteiger partial charge in [0.05, 0.1) is 10.4 Å². The molecule has 7 heteroatoms. The molecule has 1 aromatic carbocycles. The van der Waals surface area contributed by atoms with E-state index in [-0.39, 0.29) is 5.69 Å². The lowest BCUT2D eigenvalue weighted by molar-refractivity contribution is 0.0689. The number of hydrogen-bond donors (Lipinski definition) is 1. The Morgan fingerprint density at radius 1 is 1.27 bits per heavy atom. The first-order valence-electron chi connectivity index (χ1n) is 6.82. The molecule has 1 aliphatic rings. The first kappa shape index (κ1) is 14.8. The lowest BCUT2D eigenvalue weighted by Gasteiger charge is -2.14. The zero-order valence-corrected chi connectivity index (χ0v) is 13.1. The zero-order chi connectivity index (χ0) is 16.1. The molecule has 2 aromatic rings. The summed E-state index contributed by atoms with van der Waals surface area (Å²) in [7, 11) is -1.46. The number of aromatic carboxylic acids is 1. The number of carboxylic acids is 1. The molecule has 0 radical (unpaired) electrons. The number of hydrogen-bond acceptors (Lipinski definition) is 4. The number of carboxylic acid groups (broad SMARTS) is 1. The van der Waals surface area contributed by atoms with Gasteiger partial charge in [0.25, 0.3) is 0 Å². The highest BCUT2D eigenvalue weighted by atomic mass is 32.2. The Morgan fingerprint density at radius 3 is 2.27 bits per heavy atom. The van der Waals surface area contributed by atoms with Crippen molar-refractivity contribution in [2.24, 2.45) is 7.05 Å². The van der Waals surface area contributed by atoms with Gasteiger partial charge < -0.3 is 5.11 Å². The monoisotopic (exact) mass is 320 g/mol. The van der Waals surface area contributed by atoms with Gasteiger partial charge in [0.15, 0.2) is 15.5 Å². The largest absolute Gasteiger partial charge is 0.476 e. The SMILES string of the molecule is Cn1nc(C(=O)O)cc1-c1ccc(C2(S(C)(=O)=O)CC2)cc1. The normalized spacial score (nSPS) is 16.5. The Bertz CT molecular complexity index is 846. The van der Waals surface area contributed by atoms with Gasteiger partial charge in [-0.1, -0.05) is 24.3 Å². The topological polar surface area (TPSA) is 89.3 Å². The fraction of sp³-hybridized carbons (Fsp3) is 0.333. The molecular formula is C15H16N2O4S. The van der Waals surface area contributed by atoms with Crippen LogP contribution in [0.15, 0.2) is 30.3 Å². The van der Waals surface area contributed by atoms with E-state index in [4.69, 9.17) is 5.11 Å². The van der Waals surface area contributed by atoms with E-state index in [1.807, 2.05) is 12.1 Å². The van der Waals surface area contributed by atoms with Crippen molar-refractivity contribution in [3.63, 3.8) is 0 Å². The van der Waals surface area contributed by atoms with Crippen molar-refractivity contribution in [1.82, 2.24) is 9.78 Å². The van der Waals surface area contributed by atoms with E-state index < -0.39 is 20.6 Å². The quantitative estimate of drug-likeness (QED) is 0.928. The Labute approximate surface area is 128 Å². The summed E-state index contributed by atoms with van der Waals surface area (Å²) in [4.78, 5) is 11.0. The van der Waals surface area contributed by atoms with Crippen molar-refractivity contribution in [2.45, 2.75) is 17.6 Å². The van der Waals surface area contributed by atoms with Crippen molar-refractivity contribution in [2.75, 3.05) is 6.26 Å². The van der Waals surface area contributed by atoms with E-state index in [0.29, 0.717) is 18.5 Å². The first-order valence-corrected chi connectivity index (χ1v) is 8.72. The maximum Gasteiger partial charge on any atom is 0.356 e. The van der Waals surface area contributed by atoms with Crippen LogP contribution in [0, 0.1) is 0 Å². The van der Waals surface area contributed by atoms with Crippen LogP contribution in [0.2, 0.25) is 0 Å². The number of carbonyl (C=O) groups is 1. The molecule has 22 heavy (non-hydrogen) atoms. The van der Waals surface area contributed by atoms with E-state index in [2.05, 4.69) is 5.10 Å². The molecule has 0 bridgehead atoms. The van der Waals surface area contributed by atoms with E-state index in [1.165, 1.54) is 17.0 Å². The number of sulfone groups is 1. The summed E-state index contributed by atoms with van der Waals surface area (Å²) in [5.41, 5.74) is 2.25. The van der Waals surface area contributed by atoms with E-state index in [0.717, 1.165) is 11.1 Å². The molecule has 1 saturated carbocycles. The summed E-state index contributed by atoms with van der Waals surface area (Å²) in [6, 6.07) is 8.72. The van der Waals surface area contributed by atoms with Crippen LogP contribution in [0.3, 0.4) is 0 Å². The van der Waals surface area contributed by atoms with Gasteiger partial charge in [-0.3, -0.25) is 4.68 Å². The second-order valence-corrected chi connectivity index (χ2v) is 8.01. The average molecular weight is 320 g/mol. The minimum absolute atomic E-state index is 0.0172. The number of nitrogens with zero attached hydrogens (tertiary/aromatic N) is 2. The fourth-order valence-electron chi connectivity index (χ4n) is 2.77. The number of rotatable bonds is 4. The average Bonchev–Trinajstić information content (AvgIpc) is 3.17. The Balaban J connectivity index is 1.98. The Hall–Kier alpha value is -2.15. The lowest BCUT2D eigenvalue weighted by Crippen LogP contribution is -2.19. The van der Waals surface area contributed by atoms with Crippen LogP contribution in [0.25, 0.3) is 11.3 Å². The van der Waals surface area contributed by atoms with Crippen LogP contribution in [0.4, 0.5) is 0 Å². The van der Waals surface area contributed by atoms with Gasteiger partial charge in [0.1, 0.15) is 0 Å². The summed E-state index contributed by atoms with van der Waals surface area (Å²) in [6.07, 6.45) is 2.58. The molecule has 0 atom stereocenters. The molecular weight excluding hydrogens is 304 g/mol. The van der Waals surface area contributed by atoms with Crippen molar-refractivity contribution in [3.8, 4) is 11.3 Å². The third kappa shape index (κ3) is 2.21. The van der Waals surface area contributed by atoms with E-state index in [1.54, 1.807) is 19.2 Å². The first-order chi connectivity index (χ1) is 10.2. The maximum atomic E-state index is 11.9. The van der Waals surface area contributed by atoms with Crippen molar-refractivity contribution in [3.05, 3.63) is 41.6 Å². The molecule has 1 heterocycles. The smallest absolute Gasteiger partial charge is 0.356 e. The van der Waals surface area contributed by atoms with E-state index >= 15 is 0 Å². The molecule has 0 unspecified atom stereocenters. The summed E-state index contributed by atoms with van der Waals surface area (Å²) >= 11 is 0. The highest BCUT2D eigenvalue weighted by Crippen LogP contribution is 2.52. The van der Waals surface area contributed by atoms with Gasteiger partial charge in [-0.25, -0.2) is 13.2 Å². The number of aryl methyl sites for hydroxylation is 1. The summed E-state index contributed by atoms with van der Waals surface area (Å²) in [5.74, 6) is -1.08. The molecule has 0 aliphatic heterocycles. The fourth-order valence-corrected chi connectivity index (χ4v) is 4.18. The second kappa shape index (κ2) is 4.67. The number of benzene rings is 1. The van der Waals surface area contributed by atoms with Gasteiger partial charge in [-0.05, 0) is 30.0 Å². The standard InChI is InChI=1S/C15H16N2O4S/c1-17-13(9-12(16-17)14(18)19)10-3-5-11(6-4-10)15(7-8-15)22(2,20)21/h3-6,9H,7-8H2,1-2H3,(H,18,19). The van der Waals surface area contributed by atoms with Crippen LogP contribution in [0.5, 0.6) is 0 Å². The highest BCUT2D eigenvalue weighted by Gasteiger charge is 2.53. The molecule has 1 fully saturated rings. The van der Waals surface area contributed by atoms with Crippen molar-refractivity contribution >= 4 is 15.8 Å².